The van der Waals surface area contributed by atoms with E-state index in [1.54, 1.807) is 0 Å². The van der Waals surface area contributed by atoms with E-state index in [9.17, 15) is 40.2 Å². The second kappa shape index (κ2) is 18.6. The molecule has 10 heteroatoms. The summed E-state index contributed by atoms with van der Waals surface area (Å²) in [6.45, 7) is 14.6. The van der Waals surface area contributed by atoms with Crippen molar-refractivity contribution >= 4 is 11.8 Å². The van der Waals surface area contributed by atoms with E-state index in [0.29, 0.717) is 49.6 Å². The van der Waals surface area contributed by atoms with Crippen molar-refractivity contribution in [1.82, 2.24) is 10.6 Å². The molecule has 0 radical (unpaired) electrons. The number of carbonyl (C=O) groups excluding carboxylic acids is 2. The summed E-state index contributed by atoms with van der Waals surface area (Å²) in [5, 5.41) is 74.5. The Labute approximate surface area is 396 Å². The van der Waals surface area contributed by atoms with Crippen molar-refractivity contribution < 1.29 is 40.2 Å². The van der Waals surface area contributed by atoms with Gasteiger partial charge in [-0.05, 0) is 207 Å². The Kier molecular flexibility index (Phi) is 13.8. The molecule has 1 aromatic carbocycles. The van der Waals surface area contributed by atoms with Crippen LogP contribution in [0.5, 0.6) is 0 Å². The highest BCUT2D eigenvalue weighted by atomic mass is 16.3. The standard InChI is InChI=1S/C56H88N2O8/c1-31(39-12-14-41-51-43(27-47(63)55(39,41)5)53(3)20-18-37(59)23-35(53)25-45(51)61)10-16-49(65)57-29-33-8-7-9-34(22-33)30-58-50(66)17-11-32(2)40-13-15-42-52-44(28-48(64)56(40,42)6)54(4)21-19-38(60)24-36(54)26-46(52)62/h7-9,22,31-32,35-48,51-52,59-64H,10-21,23-30H2,1-6H3,(H,57,65)(H,58,66)/t31-,32-,35+,36+,37-,38-,39-,40-,41+,42+,43+,44+,45-,46-,47+,48+,51+,52+,53+,54+,55-,56-/m1/s1. The minimum absolute atomic E-state index is 0.0191. The Morgan fingerprint density at radius 3 is 1.39 bits per heavy atom. The van der Waals surface area contributed by atoms with Crippen molar-refractivity contribution in [3.05, 3.63) is 35.4 Å². The lowest BCUT2D eigenvalue weighted by molar-refractivity contribution is -0.207. The summed E-state index contributed by atoms with van der Waals surface area (Å²) in [7, 11) is 0. The third-order valence-corrected chi connectivity index (χ3v) is 22.7. The minimum atomic E-state index is -0.434. The Hall–Kier alpha value is -2.08. The fraction of sp³-hybridized carbons (Fsp3) is 0.857. The summed E-state index contributed by atoms with van der Waals surface area (Å²) < 4.78 is 0. The Morgan fingerprint density at radius 1 is 0.576 bits per heavy atom. The van der Waals surface area contributed by atoms with Crippen LogP contribution >= 0.6 is 0 Å². The molecule has 8 saturated carbocycles. The number of carbonyl (C=O) groups is 2. The van der Waals surface area contributed by atoms with Gasteiger partial charge in [0.15, 0.2) is 0 Å². The van der Waals surface area contributed by atoms with Gasteiger partial charge in [0.25, 0.3) is 0 Å². The molecule has 10 nitrogen and oxygen atoms in total. The lowest BCUT2D eigenvalue weighted by atomic mass is 9.43. The second-order valence-corrected chi connectivity index (χ2v) is 25.5. The second-order valence-electron chi connectivity index (χ2n) is 25.5. The average molecular weight is 917 g/mol. The Morgan fingerprint density at radius 2 is 0.985 bits per heavy atom. The first-order valence-corrected chi connectivity index (χ1v) is 27.0. The summed E-state index contributed by atoms with van der Waals surface area (Å²) in [4.78, 5) is 26.5. The quantitative estimate of drug-likeness (QED) is 0.105. The Bertz CT molecular complexity index is 1780. The van der Waals surface area contributed by atoms with E-state index in [2.05, 4.69) is 58.2 Å². The zero-order valence-electron chi connectivity index (χ0n) is 41.3. The first-order valence-electron chi connectivity index (χ1n) is 27.0. The largest absolute Gasteiger partial charge is 0.393 e. The zero-order valence-corrected chi connectivity index (χ0v) is 41.3. The van der Waals surface area contributed by atoms with E-state index in [4.69, 9.17) is 0 Å². The van der Waals surface area contributed by atoms with Crippen molar-refractivity contribution in [3.63, 3.8) is 0 Å². The van der Waals surface area contributed by atoms with Gasteiger partial charge in [-0.1, -0.05) is 65.8 Å². The van der Waals surface area contributed by atoms with Crippen molar-refractivity contribution in [2.45, 2.75) is 207 Å². The molecule has 22 atom stereocenters. The summed E-state index contributed by atoms with van der Waals surface area (Å²) in [6.07, 6.45) is 12.3. The molecule has 0 aromatic heterocycles. The van der Waals surface area contributed by atoms with Gasteiger partial charge >= 0.3 is 0 Å². The van der Waals surface area contributed by atoms with Crippen molar-refractivity contribution in [1.29, 1.82) is 0 Å². The minimum Gasteiger partial charge on any atom is -0.393 e. The molecule has 8 aliphatic carbocycles. The number of hydrogen-bond donors (Lipinski definition) is 8. The van der Waals surface area contributed by atoms with Gasteiger partial charge in [0.05, 0.1) is 36.6 Å². The molecule has 0 spiro atoms. The van der Waals surface area contributed by atoms with Crippen molar-refractivity contribution in [2.75, 3.05) is 0 Å². The molecule has 8 fully saturated rings. The fourth-order valence-corrected chi connectivity index (χ4v) is 18.8. The van der Waals surface area contributed by atoms with Crippen LogP contribution in [-0.4, -0.2) is 79.1 Å². The van der Waals surface area contributed by atoms with Crippen LogP contribution in [0, 0.1) is 92.7 Å². The smallest absolute Gasteiger partial charge is 0.220 e. The Balaban J connectivity index is 0.720. The number of rotatable bonds is 12. The van der Waals surface area contributed by atoms with E-state index in [0.717, 1.165) is 114 Å². The highest BCUT2D eigenvalue weighted by molar-refractivity contribution is 5.76. The number of amides is 2. The van der Waals surface area contributed by atoms with Gasteiger partial charge in [-0.3, -0.25) is 9.59 Å². The van der Waals surface area contributed by atoms with Crippen molar-refractivity contribution in [3.8, 4) is 0 Å². The number of benzene rings is 1. The van der Waals surface area contributed by atoms with Crippen LogP contribution in [0.3, 0.4) is 0 Å². The van der Waals surface area contributed by atoms with Gasteiger partial charge < -0.3 is 41.3 Å². The van der Waals surface area contributed by atoms with Gasteiger partial charge in [-0.2, -0.15) is 0 Å². The average Bonchev–Trinajstić information content (AvgIpc) is 3.83. The number of fused-ring (bicyclic) bond motifs is 10. The maximum absolute atomic E-state index is 13.3. The maximum atomic E-state index is 13.3. The normalized spacial score (nSPS) is 48.1. The molecule has 2 amide bonds. The monoisotopic (exact) mass is 917 g/mol. The molecular formula is C56H88N2O8. The molecule has 8 N–H and O–H groups in total. The number of hydrogen-bond acceptors (Lipinski definition) is 8. The molecule has 0 aliphatic heterocycles. The molecular weight excluding hydrogens is 829 g/mol. The van der Waals surface area contributed by atoms with Crippen LogP contribution in [-0.2, 0) is 22.7 Å². The third-order valence-electron chi connectivity index (χ3n) is 22.7. The predicted octanol–water partition coefficient (Wildman–Crippen LogP) is 7.67. The van der Waals surface area contributed by atoms with E-state index in [-0.39, 0.29) is 105 Å². The highest BCUT2D eigenvalue weighted by Crippen LogP contribution is 2.70. The SMILES string of the molecule is C[C@H](CCC(=O)NCc1cccc(CNC(=O)CC[C@@H](C)[C@H]2CC[C@H]3[C@@H]4[C@H](O)C[C@@H]5C[C@H](O)CC[C@]5(C)[C@H]4C[C@H](O)[C@]23C)c1)[C@H]1CC[C@H]2[C@@H]3[C@H](O)C[C@@H]4C[C@H](O)CC[C@]4(C)[C@H]3C[C@H](O)[C@]12C. The molecule has 370 valence electrons. The lowest BCUT2D eigenvalue weighted by Crippen LogP contribution is -2.62. The van der Waals surface area contributed by atoms with E-state index in [1.165, 1.54) is 0 Å². The van der Waals surface area contributed by atoms with E-state index >= 15 is 0 Å². The molecule has 0 bridgehead atoms. The molecule has 0 heterocycles. The van der Waals surface area contributed by atoms with Gasteiger partial charge in [-0.15, -0.1) is 0 Å². The van der Waals surface area contributed by atoms with Crippen LogP contribution < -0.4 is 10.6 Å². The van der Waals surface area contributed by atoms with Crippen LogP contribution in [0.4, 0.5) is 0 Å². The summed E-state index contributed by atoms with van der Waals surface area (Å²) in [5.74, 6) is 3.21. The first kappa shape index (κ1) is 48.9. The molecule has 0 unspecified atom stereocenters. The number of nitrogens with one attached hydrogen (secondary N) is 2. The number of aliphatic hydroxyl groups is 6. The van der Waals surface area contributed by atoms with Gasteiger partial charge in [0.2, 0.25) is 11.8 Å². The number of aliphatic hydroxyl groups excluding tert-OH is 6. The maximum Gasteiger partial charge on any atom is 0.220 e. The van der Waals surface area contributed by atoms with Gasteiger partial charge in [0, 0.05) is 25.9 Å². The summed E-state index contributed by atoms with van der Waals surface area (Å²) in [5.41, 5.74) is 1.52. The first-order chi connectivity index (χ1) is 31.3. The molecule has 8 aliphatic rings. The predicted molar refractivity (Wildman–Crippen MR) is 255 cm³/mol. The van der Waals surface area contributed by atoms with Crippen LogP contribution in [0.1, 0.15) is 168 Å². The van der Waals surface area contributed by atoms with E-state index < -0.39 is 12.2 Å². The van der Waals surface area contributed by atoms with Crippen LogP contribution in [0.25, 0.3) is 0 Å². The molecule has 0 saturated heterocycles. The van der Waals surface area contributed by atoms with E-state index in [1.807, 2.05) is 18.2 Å². The fourth-order valence-electron chi connectivity index (χ4n) is 18.8. The summed E-state index contributed by atoms with van der Waals surface area (Å²) in [6, 6.07) is 8.04. The molecule has 9 rings (SSSR count). The molecule has 66 heavy (non-hydrogen) atoms. The van der Waals surface area contributed by atoms with Gasteiger partial charge in [0.1, 0.15) is 0 Å². The van der Waals surface area contributed by atoms with Gasteiger partial charge in [-0.25, -0.2) is 0 Å². The topological polar surface area (TPSA) is 180 Å². The molecule has 1 aromatic rings. The third kappa shape index (κ3) is 8.35. The zero-order chi connectivity index (χ0) is 47.1. The van der Waals surface area contributed by atoms with Crippen LogP contribution in [0.2, 0.25) is 0 Å². The summed E-state index contributed by atoms with van der Waals surface area (Å²) >= 11 is 0. The highest BCUT2D eigenvalue weighted by Gasteiger charge is 2.67. The van der Waals surface area contributed by atoms with Crippen LogP contribution in [0.15, 0.2) is 24.3 Å². The van der Waals surface area contributed by atoms with Crippen molar-refractivity contribution in [2.24, 2.45) is 92.7 Å². The lowest BCUT2D eigenvalue weighted by Gasteiger charge is -2.63.